The minimum Gasteiger partial charge on any atom is -0.508 e. The maximum absolute atomic E-state index is 13.0. The van der Waals surface area contributed by atoms with Crippen molar-refractivity contribution in [1.29, 1.82) is 0 Å². The predicted octanol–water partition coefficient (Wildman–Crippen LogP) is 2.81. The molecule has 1 aromatic carbocycles. The molecule has 1 atom stereocenters. The Labute approximate surface area is 147 Å². The molecule has 0 aromatic heterocycles. The number of phenolic OH excluding ortho intramolecular Hbond substituents is 1. The Morgan fingerprint density at radius 2 is 1.76 bits per heavy atom. The number of ketones is 1. The topological polar surface area (TPSA) is 77.9 Å². The van der Waals surface area contributed by atoms with Gasteiger partial charge >= 0.3 is 6.03 Å². The average molecular weight is 344 g/mol. The average Bonchev–Trinajstić information content (AvgIpc) is 2.79. The lowest BCUT2D eigenvalue weighted by molar-refractivity contribution is -0.135. The number of likely N-dealkylation sites (N-methyl/N-ethyl adjacent to an activating group) is 1. The zero-order chi connectivity index (χ0) is 18.2. The highest BCUT2D eigenvalue weighted by molar-refractivity contribution is 6.11. The summed E-state index contributed by atoms with van der Waals surface area (Å²) in [5, 5.41) is 9.32. The molecule has 1 heterocycles. The molecule has 1 aromatic rings. The molecule has 1 unspecified atom stereocenters. The fraction of sp³-hybridized carbons (Fsp3) is 0.526. The SMILES string of the molecule is CN1C(=O)N(CC(=O)c2ccc(O)cc2)C(=O)C1(C)C1CCCCC1. The van der Waals surface area contributed by atoms with Gasteiger partial charge in [-0.25, -0.2) is 4.79 Å². The van der Waals surface area contributed by atoms with E-state index in [2.05, 4.69) is 0 Å². The van der Waals surface area contributed by atoms with Gasteiger partial charge in [-0.3, -0.25) is 14.5 Å². The van der Waals surface area contributed by atoms with Crippen LogP contribution in [0.3, 0.4) is 0 Å². The number of urea groups is 1. The number of hydrogen-bond acceptors (Lipinski definition) is 4. The fourth-order valence-electron chi connectivity index (χ4n) is 4.02. The molecule has 3 amide bonds. The van der Waals surface area contributed by atoms with Gasteiger partial charge in [-0.15, -0.1) is 0 Å². The summed E-state index contributed by atoms with van der Waals surface area (Å²) >= 11 is 0. The van der Waals surface area contributed by atoms with E-state index >= 15 is 0 Å². The van der Waals surface area contributed by atoms with Gasteiger partial charge < -0.3 is 10.0 Å². The number of Topliss-reactive ketones (excluding diaryl/α,β-unsaturated/α-hetero) is 1. The summed E-state index contributed by atoms with van der Waals surface area (Å²) in [4.78, 5) is 40.7. The second kappa shape index (κ2) is 6.50. The van der Waals surface area contributed by atoms with Gasteiger partial charge in [0.15, 0.2) is 5.78 Å². The second-order valence-electron chi connectivity index (χ2n) is 7.19. The Kier molecular flexibility index (Phi) is 4.54. The highest BCUT2D eigenvalue weighted by Crippen LogP contribution is 2.40. The van der Waals surface area contributed by atoms with E-state index in [1.54, 1.807) is 7.05 Å². The molecule has 25 heavy (non-hydrogen) atoms. The van der Waals surface area contributed by atoms with Crippen LogP contribution in [0.5, 0.6) is 5.75 Å². The molecule has 134 valence electrons. The van der Waals surface area contributed by atoms with Gasteiger partial charge in [0.25, 0.3) is 5.91 Å². The molecule has 0 radical (unpaired) electrons. The number of carbonyl (C=O) groups excluding carboxylic acids is 3. The fourth-order valence-corrected chi connectivity index (χ4v) is 4.02. The second-order valence-corrected chi connectivity index (χ2v) is 7.19. The molecule has 2 aliphatic rings. The van der Waals surface area contributed by atoms with Crippen LogP contribution in [0.1, 0.15) is 49.4 Å². The zero-order valence-electron chi connectivity index (χ0n) is 14.7. The van der Waals surface area contributed by atoms with Crippen LogP contribution in [-0.2, 0) is 4.79 Å². The van der Waals surface area contributed by atoms with Crippen molar-refractivity contribution in [3.05, 3.63) is 29.8 Å². The van der Waals surface area contributed by atoms with Crippen LogP contribution >= 0.6 is 0 Å². The van der Waals surface area contributed by atoms with Crippen LogP contribution in [-0.4, -0.2) is 51.8 Å². The third kappa shape index (κ3) is 2.90. The molecule has 2 fully saturated rings. The number of nitrogens with zero attached hydrogens (tertiary/aromatic N) is 2. The van der Waals surface area contributed by atoms with Gasteiger partial charge in [0.1, 0.15) is 11.3 Å². The molecule has 1 N–H and O–H groups in total. The Hall–Kier alpha value is -2.37. The van der Waals surface area contributed by atoms with E-state index in [-0.39, 0.29) is 29.9 Å². The number of aromatic hydroxyl groups is 1. The minimum absolute atomic E-state index is 0.0643. The molecular weight excluding hydrogens is 320 g/mol. The highest BCUT2D eigenvalue weighted by atomic mass is 16.3. The van der Waals surface area contributed by atoms with Gasteiger partial charge in [0.05, 0.1) is 6.54 Å². The first-order valence-electron chi connectivity index (χ1n) is 8.77. The molecule has 1 saturated heterocycles. The number of rotatable bonds is 4. The number of imide groups is 1. The van der Waals surface area contributed by atoms with E-state index in [0.717, 1.165) is 30.6 Å². The van der Waals surface area contributed by atoms with E-state index < -0.39 is 11.6 Å². The quantitative estimate of drug-likeness (QED) is 0.673. The highest BCUT2D eigenvalue weighted by Gasteiger charge is 2.56. The first-order valence-corrected chi connectivity index (χ1v) is 8.77. The Bertz CT molecular complexity index is 694. The van der Waals surface area contributed by atoms with Crippen LogP contribution in [0.15, 0.2) is 24.3 Å². The largest absolute Gasteiger partial charge is 0.508 e. The van der Waals surface area contributed by atoms with E-state index in [1.165, 1.54) is 35.6 Å². The lowest BCUT2D eigenvalue weighted by Gasteiger charge is -2.38. The van der Waals surface area contributed by atoms with Crippen LogP contribution in [0.25, 0.3) is 0 Å². The van der Waals surface area contributed by atoms with E-state index in [4.69, 9.17) is 0 Å². The Balaban J connectivity index is 1.80. The van der Waals surface area contributed by atoms with E-state index in [0.29, 0.717) is 5.56 Å². The first kappa shape index (κ1) is 17.5. The Morgan fingerprint density at radius 1 is 1.16 bits per heavy atom. The normalized spacial score (nSPS) is 24.9. The smallest absolute Gasteiger partial charge is 0.327 e. The lowest BCUT2D eigenvalue weighted by atomic mass is 9.75. The Morgan fingerprint density at radius 3 is 2.36 bits per heavy atom. The molecule has 6 nitrogen and oxygen atoms in total. The number of carbonyl (C=O) groups is 3. The number of phenols is 1. The van der Waals surface area contributed by atoms with Gasteiger partial charge in [0.2, 0.25) is 0 Å². The van der Waals surface area contributed by atoms with Crippen LogP contribution in [0, 0.1) is 5.92 Å². The molecule has 0 bridgehead atoms. The van der Waals surface area contributed by atoms with Gasteiger partial charge in [-0.1, -0.05) is 19.3 Å². The molecule has 1 aliphatic carbocycles. The summed E-state index contributed by atoms with van der Waals surface area (Å²) in [7, 11) is 1.65. The molecule has 6 heteroatoms. The summed E-state index contributed by atoms with van der Waals surface area (Å²) in [6.07, 6.45) is 5.17. The number of amides is 3. The van der Waals surface area contributed by atoms with Crippen molar-refractivity contribution in [3.8, 4) is 5.75 Å². The summed E-state index contributed by atoms with van der Waals surface area (Å²) in [5.41, 5.74) is -0.500. The molecule has 0 spiro atoms. The van der Waals surface area contributed by atoms with Crippen molar-refractivity contribution in [3.63, 3.8) is 0 Å². The van der Waals surface area contributed by atoms with Crippen LogP contribution < -0.4 is 0 Å². The molecule has 3 rings (SSSR count). The van der Waals surface area contributed by atoms with Crippen molar-refractivity contribution >= 4 is 17.7 Å². The maximum Gasteiger partial charge on any atom is 0.327 e. The summed E-state index contributed by atoms with van der Waals surface area (Å²) in [6.45, 7) is 1.56. The van der Waals surface area contributed by atoms with Crippen molar-refractivity contribution in [1.82, 2.24) is 9.80 Å². The van der Waals surface area contributed by atoms with Gasteiger partial charge in [-0.2, -0.15) is 0 Å². The summed E-state index contributed by atoms with van der Waals surface area (Å²) in [6, 6.07) is 5.41. The molecule has 1 aliphatic heterocycles. The lowest BCUT2D eigenvalue weighted by Crippen LogP contribution is -2.52. The summed E-state index contributed by atoms with van der Waals surface area (Å²) < 4.78 is 0. The minimum atomic E-state index is -0.868. The van der Waals surface area contributed by atoms with Crippen molar-refractivity contribution in [2.24, 2.45) is 5.92 Å². The first-order chi connectivity index (χ1) is 11.9. The van der Waals surface area contributed by atoms with Gasteiger partial charge in [0, 0.05) is 12.6 Å². The van der Waals surface area contributed by atoms with Gasteiger partial charge in [-0.05, 0) is 49.9 Å². The van der Waals surface area contributed by atoms with E-state index in [9.17, 15) is 19.5 Å². The maximum atomic E-state index is 13.0. The van der Waals surface area contributed by atoms with Crippen molar-refractivity contribution < 1.29 is 19.5 Å². The third-order valence-electron chi connectivity index (χ3n) is 5.78. The molecular formula is C19H24N2O4. The van der Waals surface area contributed by atoms with Crippen molar-refractivity contribution in [2.45, 2.75) is 44.6 Å². The predicted molar refractivity (Wildman–Crippen MR) is 92.3 cm³/mol. The van der Waals surface area contributed by atoms with Crippen LogP contribution in [0.2, 0.25) is 0 Å². The standard InChI is InChI=1S/C19H24N2O4/c1-19(14-6-4-3-5-7-14)17(24)21(18(25)20(19)2)12-16(23)13-8-10-15(22)11-9-13/h8-11,14,22H,3-7,12H2,1-2H3. The third-order valence-corrected chi connectivity index (χ3v) is 5.78. The van der Waals surface area contributed by atoms with Crippen molar-refractivity contribution in [2.75, 3.05) is 13.6 Å². The molecule has 1 saturated carbocycles. The zero-order valence-corrected chi connectivity index (χ0v) is 14.7. The van der Waals surface area contributed by atoms with Crippen LogP contribution in [0.4, 0.5) is 4.79 Å². The number of hydrogen-bond donors (Lipinski definition) is 1. The number of benzene rings is 1. The van der Waals surface area contributed by atoms with E-state index in [1.807, 2.05) is 6.92 Å². The monoisotopic (exact) mass is 344 g/mol. The summed E-state index contributed by atoms with van der Waals surface area (Å²) in [5.74, 6) is -0.395.